The Labute approximate surface area is 283 Å². The molecule has 4 aromatic carbocycles. The van der Waals surface area contributed by atoms with E-state index in [1.54, 1.807) is 0 Å². The molecule has 53 heavy (non-hydrogen) atoms. The molecule has 0 heterocycles. The first-order valence-corrected chi connectivity index (χ1v) is 14.2. The van der Waals surface area contributed by atoms with Gasteiger partial charge < -0.3 is 0 Å². The summed E-state index contributed by atoms with van der Waals surface area (Å²) >= 11 is 0. The molecule has 0 nitrogen and oxygen atoms in total. The maximum atomic E-state index is 15.5. The zero-order valence-corrected chi connectivity index (χ0v) is 25.4. The molecule has 0 N–H and O–H groups in total. The second-order valence-corrected chi connectivity index (χ2v) is 11.5. The normalized spacial score (nSPS) is 14.4. The van der Waals surface area contributed by atoms with Crippen LogP contribution in [0.15, 0.2) is 97.1 Å². The molecule has 0 saturated carbocycles. The molecule has 0 aliphatic rings. The molecule has 288 valence electrons. The molecule has 0 saturated heterocycles. The molecule has 21 heteroatoms. The fourth-order valence-electron chi connectivity index (χ4n) is 6.26. The number of hydrogen-bond donors (Lipinski definition) is 0. The van der Waals surface area contributed by atoms with Gasteiger partial charge in [-0.1, -0.05) is 97.1 Å². The number of halogens is 20. The van der Waals surface area contributed by atoms with Crippen molar-refractivity contribution < 1.29 is 87.8 Å². The molecule has 0 bridgehead atoms. The van der Waals surface area contributed by atoms with Gasteiger partial charge >= 0.3 is 48.4 Å². The zero-order valence-electron chi connectivity index (χ0n) is 25.4. The quantitative estimate of drug-likeness (QED) is 0.123. The van der Waals surface area contributed by atoms with E-state index >= 15 is 35.1 Å². The highest BCUT2D eigenvalue weighted by Gasteiger charge is 2.65. The lowest BCUT2D eigenvalue weighted by atomic mass is 9.11. The first kappa shape index (κ1) is 41.3. The Morgan fingerprint density at radius 2 is 0.396 bits per heavy atom. The third-order valence-corrected chi connectivity index (χ3v) is 8.49. The summed E-state index contributed by atoms with van der Waals surface area (Å²) in [6.45, 7) is 0. The molecular formula is C32H16BF20-. The standard InChI is InChI=1S/C32H16BF20/c34-25(35,29(42,43)44)17-9-1-5-13-21(17)33(22-14-6-2-10-18(22)26(36,37)30(45,46)47,23-15-7-3-11-19(23)27(38,39)31(48,49)50)24-16-8-4-12-20(24)28(40,41)32(51,52)53/h1-16H/q-1. The van der Waals surface area contributed by atoms with Gasteiger partial charge in [0.05, 0.1) is 0 Å². The van der Waals surface area contributed by atoms with Crippen LogP contribution in [0.1, 0.15) is 22.3 Å². The molecule has 0 spiro atoms. The van der Waals surface area contributed by atoms with E-state index < -0.39 is 98.6 Å². The zero-order chi connectivity index (χ0) is 40.4. The van der Waals surface area contributed by atoms with Crippen molar-refractivity contribution in [3.8, 4) is 0 Å². The molecule has 4 rings (SSSR count). The molecule has 0 aliphatic carbocycles. The summed E-state index contributed by atoms with van der Waals surface area (Å²) in [4.78, 5) is 0. The minimum absolute atomic E-state index is 0.0392. The van der Waals surface area contributed by atoms with Crippen molar-refractivity contribution in [2.75, 3.05) is 0 Å². The van der Waals surface area contributed by atoms with E-state index in [0.29, 0.717) is 48.5 Å². The summed E-state index contributed by atoms with van der Waals surface area (Å²) in [5.74, 6) is -25.5. The predicted octanol–water partition coefficient (Wildman–Crippen LogP) is 9.68. The van der Waals surface area contributed by atoms with Crippen molar-refractivity contribution in [3.05, 3.63) is 119 Å². The van der Waals surface area contributed by atoms with Gasteiger partial charge in [-0.25, -0.2) is 0 Å². The summed E-state index contributed by atoms with van der Waals surface area (Å²) in [5.41, 5.74) is -18.9. The summed E-state index contributed by atoms with van der Waals surface area (Å²) in [5, 5.41) is 0. The van der Waals surface area contributed by atoms with Gasteiger partial charge in [0.1, 0.15) is 6.15 Å². The first-order chi connectivity index (χ1) is 23.9. The summed E-state index contributed by atoms with van der Waals surface area (Å²) < 4.78 is 292. The smallest absolute Gasteiger partial charge is 0.191 e. The Kier molecular flexibility index (Phi) is 10.0. The molecule has 0 atom stereocenters. The van der Waals surface area contributed by atoms with Gasteiger partial charge in [-0.05, 0) is 22.3 Å². The van der Waals surface area contributed by atoms with Gasteiger partial charge in [-0.3, -0.25) is 0 Å². The van der Waals surface area contributed by atoms with Crippen LogP contribution < -0.4 is 21.9 Å². The third kappa shape index (κ3) is 6.46. The van der Waals surface area contributed by atoms with Crippen LogP contribution in [0.2, 0.25) is 0 Å². The summed E-state index contributed by atoms with van der Waals surface area (Å²) in [7, 11) is 0. The van der Waals surface area contributed by atoms with E-state index in [0.717, 1.165) is 0 Å². The molecule has 0 unspecified atom stereocenters. The summed E-state index contributed by atoms with van der Waals surface area (Å²) in [6, 6.07) is 1.74. The predicted molar refractivity (Wildman–Crippen MR) is 150 cm³/mol. The Balaban J connectivity index is 2.58. The third-order valence-electron chi connectivity index (χ3n) is 8.49. The van der Waals surface area contributed by atoms with Crippen LogP contribution in [0.3, 0.4) is 0 Å². The summed E-state index contributed by atoms with van der Waals surface area (Å²) in [6.07, 6.45) is -33.0. The van der Waals surface area contributed by atoms with Crippen LogP contribution in [0.25, 0.3) is 0 Å². The fraction of sp³-hybridized carbons (Fsp3) is 0.250. The monoisotopic (exact) mass is 791 g/mol. The van der Waals surface area contributed by atoms with Crippen molar-refractivity contribution >= 4 is 28.0 Å². The molecular weight excluding hydrogens is 775 g/mol. The van der Waals surface area contributed by atoms with Gasteiger partial charge in [-0.15, -0.1) is 0 Å². The first-order valence-electron chi connectivity index (χ1n) is 14.2. The largest absolute Gasteiger partial charge is 0.457 e. The number of alkyl halides is 20. The topological polar surface area (TPSA) is 0 Å². The highest BCUT2D eigenvalue weighted by atomic mass is 19.4. The lowest BCUT2D eigenvalue weighted by molar-refractivity contribution is -0.289. The number of benzene rings is 4. The molecule has 0 fully saturated rings. The lowest BCUT2D eigenvalue weighted by Crippen LogP contribution is -2.79. The average molecular weight is 791 g/mol. The van der Waals surface area contributed by atoms with E-state index in [2.05, 4.69) is 0 Å². The van der Waals surface area contributed by atoms with Crippen molar-refractivity contribution in [3.63, 3.8) is 0 Å². The van der Waals surface area contributed by atoms with Gasteiger partial charge in [0.15, 0.2) is 0 Å². The lowest BCUT2D eigenvalue weighted by Gasteiger charge is -2.50. The van der Waals surface area contributed by atoms with Crippen LogP contribution in [-0.2, 0) is 23.7 Å². The Bertz CT molecular complexity index is 1670. The van der Waals surface area contributed by atoms with Crippen molar-refractivity contribution in [2.24, 2.45) is 0 Å². The van der Waals surface area contributed by atoms with Crippen LogP contribution in [0.5, 0.6) is 0 Å². The minimum atomic E-state index is -6.81. The second kappa shape index (κ2) is 12.8. The van der Waals surface area contributed by atoms with Crippen molar-refractivity contribution in [1.82, 2.24) is 0 Å². The van der Waals surface area contributed by atoms with Crippen molar-refractivity contribution in [1.29, 1.82) is 0 Å². The Morgan fingerprint density at radius 1 is 0.245 bits per heavy atom. The van der Waals surface area contributed by atoms with E-state index in [-0.39, 0.29) is 48.5 Å². The fourth-order valence-corrected chi connectivity index (χ4v) is 6.26. The molecule has 0 amide bonds. The van der Waals surface area contributed by atoms with E-state index in [9.17, 15) is 52.7 Å². The molecule has 4 aromatic rings. The maximum Gasteiger partial charge on any atom is 0.457 e. The molecule has 0 aromatic heterocycles. The Hall–Kier alpha value is -4.46. The van der Waals surface area contributed by atoms with Crippen LogP contribution >= 0.6 is 0 Å². The highest BCUT2D eigenvalue weighted by Crippen LogP contribution is 2.49. The van der Waals surface area contributed by atoms with Gasteiger partial charge in [0.25, 0.3) is 0 Å². The highest BCUT2D eigenvalue weighted by molar-refractivity contribution is 7.20. The van der Waals surface area contributed by atoms with Gasteiger partial charge in [0, 0.05) is 0 Å². The van der Waals surface area contributed by atoms with Gasteiger partial charge in [-0.2, -0.15) is 110 Å². The van der Waals surface area contributed by atoms with E-state index in [1.807, 2.05) is 0 Å². The number of hydrogen-bond acceptors (Lipinski definition) is 0. The van der Waals surface area contributed by atoms with E-state index in [1.165, 1.54) is 0 Å². The second-order valence-electron chi connectivity index (χ2n) is 11.5. The number of rotatable bonds is 8. The SMILES string of the molecule is FC(F)(F)C(F)(F)c1ccccc1[B-](c1ccccc1C(F)(F)C(F)(F)F)(c1ccccc1C(F)(F)C(F)(F)F)c1ccccc1C(F)(F)C(F)(F)F. The van der Waals surface area contributed by atoms with Gasteiger partial charge in [0.2, 0.25) is 0 Å². The average Bonchev–Trinajstić information content (AvgIpc) is 3.04. The van der Waals surface area contributed by atoms with Crippen LogP contribution in [0, 0.1) is 0 Å². The maximum absolute atomic E-state index is 15.5. The molecule has 0 aliphatic heterocycles. The Morgan fingerprint density at radius 3 is 0.547 bits per heavy atom. The van der Waals surface area contributed by atoms with Crippen LogP contribution in [0.4, 0.5) is 87.8 Å². The van der Waals surface area contributed by atoms with Crippen LogP contribution in [-0.4, -0.2) is 30.9 Å². The van der Waals surface area contributed by atoms with E-state index in [4.69, 9.17) is 0 Å². The van der Waals surface area contributed by atoms with Crippen molar-refractivity contribution in [2.45, 2.75) is 48.4 Å². The molecule has 0 radical (unpaired) electrons. The minimum Gasteiger partial charge on any atom is -0.191 e.